The lowest BCUT2D eigenvalue weighted by atomic mass is 10.1. The van der Waals surface area contributed by atoms with Gasteiger partial charge in [-0.3, -0.25) is 9.13 Å². The van der Waals surface area contributed by atoms with Crippen LogP contribution in [0.15, 0.2) is 218 Å². The second-order valence-electron chi connectivity index (χ2n) is 16.7. The highest BCUT2D eigenvalue weighted by Gasteiger charge is 2.28. The Bertz CT molecular complexity index is 6330. The van der Waals surface area contributed by atoms with Gasteiger partial charge in [0.2, 0.25) is 11.9 Å². The zero-order valence-electron chi connectivity index (χ0n) is 62.8. The molecule has 16 aromatic rings. The van der Waals surface area contributed by atoms with E-state index < -0.39 is 263 Å². The molecule has 8 nitrogen and oxygen atoms in total. The molecule has 338 valence electrons. The molecule has 0 spiro atoms. The van der Waals surface area contributed by atoms with Gasteiger partial charge in [0.1, 0.15) is 0 Å². The van der Waals surface area contributed by atoms with Crippen molar-refractivity contribution >= 4 is 119 Å². The molecule has 0 amide bonds. The van der Waals surface area contributed by atoms with E-state index >= 15 is 0 Å². The first kappa shape index (κ1) is 22.5. The number of thiophene rings is 1. The van der Waals surface area contributed by atoms with E-state index in [1.807, 2.05) is 30.3 Å². The third-order valence-corrected chi connectivity index (χ3v) is 14.2. The summed E-state index contributed by atoms with van der Waals surface area (Å²) in [5, 5.41) is 9.75. The van der Waals surface area contributed by atoms with E-state index in [4.69, 9.17) is 27.3 Å². The van der Waals surface area contributed by atoms with E-state index in [9.17, 15) is 28.6 Å². The molecule has 0 aliphatic carbocycles. The maximum Gasteiger partial charge on any atom is 0.240 e. The van der Waals surface area contributed by atoms with Gasteiger partial charge in [-0.25, -0.2) is 0 Å². The fraction of sp³-hybridized carbons (Fsp3) is 0. The minimum absolute atomic E-state index is 0.275. The average molecular weight is 975 g/mol. The van der Waals surface area contributed by atoms with E-state index in [0.717, 1.165) is 18.4 Å². The van der Waals surface area contributed by atoms with Crippen molar-refractivity contribution in [2.45, 2.75) is 0 Å². The molecule has 9 heteroatoms. The van der Waals surface area contributed by atoms with Crippen molar-refractivity contribution < 1.29 is 35.6 Å². The molecule has 16 rings (SSSR count). The number of para-hydroxylation sites is 6. The van der Waals surface area contributed by atoms with Gasteiger partial charge in [0, 0.05) is 63.3 Å². The summed E-state index contributed by atoms with van der Waals surface area (Å²) in [4.78, 5) is 15.1. The number of nitriles is 1. The topological polar surface area (TPSA) is 82.2 Å². The SMILES string of the molecule is [2H]c1c([2H])c(-n2c3c([2H])c([2H])c([2H])c([2H])c3c3c([2H])c(C#N)c([2H])c([2H])c32)c(-c2nc(-n3c4c([2H])c([2H])c([2H])c([2H])c4c4c([2H])c([2H])c([2H])c([2H])c43)nc(-n3c4c([2H])c([2H])c([2H])c([2H])c4c4c([2H])c([2H])c([2H])c([2H])c43)n2)c(-n2c3ccccc3c3ccc4sc5ccccc5c4c32)c1[2H]. The molecule has 6 aromatic heterocycles. The van der Waals surface area contributed by atoms with Crippen LogP contribution in [0.4, 0.5) is 0 Å². The second kappa shape index (κ2) is 15.1. The maximum absolute atomic E-state index is 10.6. The predicted octanol–water partition coefficient (Wildman–Crippen LogP) is 16.2. The van der Waals surface area contributed by atoms with Gasteiger partial charge >= 0.3 is 0 Å². The van der Waals surface area contributed by atoms with Crippen molar-refractivity contribution in [2.24, 2.45) is 0 Å². The monoisotopic (exact) mass is 974 g/mol. The Morgan fingerprint density at radius 1 is 0.397 bits per heavy atom. The first-order valence-corrected chi connectivity index (χ1v) is 23.0. The molecule has 10 aromatic carbocycles. The molecule has 0 radical (unpaired) electrons. The Morgan fingerprint density at radius 3 is 1.51 bits per heavy atom. The number of fused-ring (bicyclic) bond motifs is 16. The summed E-state index contributed by atoms with van der Waals surface area (Å²) in [5.41, 5.74) is -5.72. The first-order valence-electron chi connectivity index (χ1n) is 35.2. The van der Waals surface area contributed by atoms with Gasteiger partial charge in [-0.05, 0) is 78.6 Å². The van der Waals surface area contributed by atoms with Crippen LogP contribution in [0.25, 0.3) is 142 Å². The molecule has 0 unspecified atom stereocenters. The first-order chi connectivity index (χ1) is 47.0. The van der Waals surface area contributed by atoms with E-state index in [2.05, 4.69) is 0 Å². The normalized spacial score (nSPS) is 17.1. The standard InChI is InChI=1S/C64H36N8S/c65-37-38-32-34-54-47(36-38)44-21-6-8-23-48(44)69(54)55-29-15-30-56(70-49-24-9-5-20-43(49)45-33-35-58-59(61(45)70)46-22-7-14-31-57(46)73-58)60(55)62-66-63(71-50-25-10-1-16-39(50)40-17-2-11-26-51(40)71)68-64(67-62)72-52-27-12-3-18-41(52)42-19-4-13-28-53(42)72/h1-36H/i1D,2D,3D,4D,6D,8D,10D,11D,12D,13D,15D,16D,17D,18D,19D,21D,23D,25D,26D,27D,28D,29D,30D,32D,34D,36D. The number of benzene rings is 10. The fourth-order valence-corrected chi connectivity index (χ4v) is 11.2. The Morgan fingerprint density at radius 2 is 0.904 bits per heavy atom. The van der Waals surface area contributed by atoms with Crippen LogP contribution < -0.4 is 0 Å². The number of hydrogen-bond donors (Lipinski definition) is 0. The van der Waals surface area contributed by atoms with Gasteiger partial charge in [0.25, 0.3) is 0 Å². The third-order valence-electron chi connectivity index (χ3n) is 13.0. The molecule has 0 fully saturated rings. The Labute approximate surface area is 456 Å². The zero-order chi connectivity index (χ0) is 70.5. The molecule has 73 heavy (non-hydrogen) atoms. The highest BCUT2D eigenvalue weighted by atomic mass is 32.1. The average Bonchev–Trinajstić information content (AvgIpc) is 1.56. The molecule has 0 saturated carbocycles. The van der Waals surface area contributed by atoms with Gasteiger partial charge in [-0.2, -0.15) is 20.2 Å². The fourth-order valence-electron chi connectivity index (χ4n) is 10.1. The van der Waals surface area contributed by atoms with Gasteiger partial charge in [0.15, 0.2) is 5.82 Å². The molecule has 0 N–H and O–H groups in total. The second-order valence-corrected chi connectivity index (χ2v) is 17.8. The third kappa shape index (κ3) is 5.55. The number of rotatable bonds is 5. The van der Waals surface area contributed by atoms with Crippen LogP contribution in [0.5, 0.6) is 0 Å². The number of hydrogen-bond acceptors (Lipinski definition) is 5. The Balaban J connectivity index is 1.25. The van der Waals surface area contributed by atoms with Crippen molar-refractivity contribution in [3.05, 3.63) is 223 Å². The lowest BCUT2D eigenvalue weighted by molar-refractivity contribution is 0.891. The highest BCUT2D eigenvalue weighted by molar-refractivity contribution is 7.26. The van der Waals surface area contributed by atoms with Crippen LogP contribution in [-0.4, -0.2) is 33.2 Å². The summed E-state index contributed by atoms with van der Waals surface area (Å²) in [5.74, 6) is -2.70. The van der Waals surface area contributed by atoms with Crippen molar-refractivity contribution in [3.8, 4) is 40.7 Å². The van der Waals surface area contributed by atoms with E-state index in [-0.39, 0.29) is 5.52 Å². The molecular weight excluding hydrogens is 913 g/mol. The minimum Gasteiger partial charge on any atom is -0.308 e. The minimum atomic E-state index is -1.01. The molecule has 0 aliphatic heterocycles. The van der Waals surface area contributed by atoms with Crippen LogP contribution in [-0.2, 0) is 0 Å². The summed E-state index contributed by atoms with van der Waals surface area (Å²) in [6, 6.07) is -3.11. The van der Waals surface area contributed by atoms with Crippen LogP contribution in [0.3, 0.4) is 0 Å². The van der Waals surface area contributed by atoms with Gasteiger partial charge < -0.3 is 9.13 Å². The summed E-state index contributed by atoms with van der Waals surface area (Å²) in [6.07, 6.45) is 0. The van der Waals surface area contributed by atoms with Crippen molar-refractivity contribution in [1.82, 2.24) is 33.2 Å². The van der Waals surface area contributed by atoms with Crippen molar-refractivity contribution in [2.75, 3.05) is 0 Å². The van der Waals surface area contributed by atoms with Crippen LogP contribution in [0.2, 0.25) is 0 Å². The molecule has 0 atom stereocenters. The zero-order valence-corrected chi connectivity index (χ0v) is 37.6. The van der Waals surface area contributed by atoms with Gasteiger partial charge in [-0.1, -0.05) is 139 Å². The van der Waals surface area contributed by atoms with Crippen molar-refractivity contribution in [1.29, 1.82) is 5.26 Å². The summed E-state index contributed by atoms with van der Waals surface area (Å²) in [6.45, 7) is 0. The largest absolute Gasteiger partial charge is 0.308 e. The van der Waals surface area contributed by atoms with Gasteiger partial charge in [-0.15, -0.1) is 11.3 Å². The molecule has 6 heterocycles. The molecule has 0 saturated heterocycles. The smallest absolute Gasteiger partial charge is 0.240 e. The quantitative estimate of drug-likeness (QED) is 0.172. The molecule has 0 aliphatic rings. The summed E-state index contributed by atoms with van der Waals surface area (Å²) < 4.78 is 251. The lowest BCUT2D eigenvalue weighted by Gasteiger charge is -2.20. The molecule has 0 bridgehead atoms. The van der Waals surface area contributed by atoms with E-state index in [1.165, 1.54) is 11.3 Å². The lowest BCUT2D eigenvalue weighted by Crippen LogP contribution is -2.12. The molecular formula is C64H36N8S. The van der Waals surface area contributed by atoms with Crippen molar-refractivity contribution in [3.63, 3.8) is 0 Å². The Kier molecular flexibility index (Phi) is 4.64. The number of aromatic nitrogens is 7. The highest BCUT2D eigenvalue weighted by Crippen LogP contribution is 2.46. The van der Waals surface area contributed by atoms with E-state index in [0.29, 0.717) is 31.8 Å². The van der Waals surface area contributed by atoms with Crippen LogP contribution in [0, 0.1) is 11.3 Å². The Hall–Kier alpha value is -9.88. The van der Waals surface area contributed by atoms with Crippen LogP contribution >= 0.6 is 11.3 Å². The predicted molar refractivity (Wildman–Crippen MR) is 300 cm³/mol. The maximum atomic E-state index is 10.6. The summed E-state index contributed by atoms with van der Waals surface area (Å²) >= 11 is 1.40. The van der Waals surface area contributed by atoms with Gasteiger partial charge in [0.05, 0.1) is 108 Å². The number of nitrogens with zero attached hydrogens (tertiary/aromatic N) is 8. The summed E-state index contributed by atoms with van der Waals surface area (Å²) in [7, 11) is 0. The van der Waals surface area contributed by atoms with Crippen LogP contribution in [0.1, 0.15) is 41.2 Å². The van der Waals surface area contributed by atoms with E-state index in [1.54, 1.807) is 41.0 Å².